The Bertz CT molecular complexity index is 947. The lowest BCUT2D eigenvalue weighted by molar-refractivity contribution is -0.139. The summed E-state index contributed by atoms with van der Waals surface area (Å²) in [6, 6.07) is 15.5. The molecule has 2 aromatic carbocycles. The van der Waals surface area contributed by atoms with Gasteiger partial charge < -0.3 is 15.2 Å². The van der Waals surface area contributed by atoms with Crippen molar-refractivity contribution < 1.29 is 19.5 Å². The highest BCUT2D eigenvalue weighted by molar-refractivity contribution is 7.80. The maximum Gasteiger partial charge on any atom is 0.320 e. The van der Waals surface area contributed by atoms with Gasteiger partial charge in [0.15, 0.2) is 5.01 Å². The lowest BCUT2D eigenvalue weighted by Crippen LogP contribution is -2.33. The van der Waals surface area contributed by atoms with Crippen molar-refractivity contribution in [3.05, 3.63) is 76.2 Å². The smallest absolute Gasteiger partial charge is 0.320 e. The van der Waals surface area contributed by atoms with E-state index in [1.165, 1.54) is 11.3 Å². The summed E-state index contributed by atoms with van der Waals surface area (Å²) in [7, 11) is 1.63. The Hall–Kier alpha value is -2.81. The van der Waals surface area contributed by atoms with Gasteiger partial charge in [-0.15, -0.1) is 11.3 Å². The number of nitrogens with zero attached hydrogens (tertiary/aromatic N) is 1. The van der Waals surface area contributed by atoms with E-state index in [0.717, 1.165) is 16.7 Å². The monoisotopic (exact) mass is 458 g/mol. The van der Waals surface area contributed by atoms with Gasteiger partial charge in [0, 0.05) is 17.1 Å². The van der Waals surface area contributed by atoms with Crippen molar-refractivity contribution in [2.75, 3.05) is 12.8 Å². The first kappa shape index (κ1) is 26.2. The number of hydrogen-bond donors (Lipinski definition) is 3. The van der Waals surface area contributed by atoms with E-state index < -0.39 is 12.0 Å². The van der Waals surface area contributed by atoms with Crippen LogP contribution in [0.2, 0.25) is 0 Å². The van der Waals surface area contributed by atoms with Gasteiger partial charge in [0.25, 0.3) is 0 Å². The Morgan fingerprint density at radius 3 is 2.35 bits per heavy atom. The number of carbonyl (C=O) groups is 3. The number of aromatic nitrogens is 1. The average Bonchev–Trinajstić information content (AvgIpc) is 3.34. The van der Waals surface area contributed by atoms with Crippen molar-refractivity contribution in [1.82, 2.24) is 10.3 Å². The fourth-order valence-corrected chi connectivity index (χ4v) is 3.53. The topological polar surface area (TPSA) is 96.4 Å². The molecule has 0 spiro atoms. The number of carboxylic acids is 1. The van der Waals surface area contributed by atoms with E-state index >= 15 is 0 Å². The number of carboxylic acid groups (broad SMARTS) is 1. The van der Waals surface area contributed by atoms with E-state index in [1.54, 1.807) is 13.2 Å². The zero-order valence-electron chi connectivity index (χ0n) is 17.4. The third kappa shape index (κ3) is 8.09. The van der Waals surface area contributed by atoms with E-state index in [0.29, 0.717) is 22.7 Å². The summed E-state index contributed by atoms with van der Waals surface area (Å²) >= 11 is 5.28. The van der Waals surface area contributed by atoms with Crippen LogP contribution < -0.4 is 5.32 Å². The van der Waals surface area contributed by atoms with E-state index in [4.69, 9.17) is 9.90 Å². The van der Waals surface area contributed by atoms with Gasteiger partial charge in [0.1, 0.15) is 12.8 Å². The van der Waals surface area contributed by atoms with Gasteiger partial charge in [0.05, 0.1) is 0 Å². The van der Waals surface area contributed by atoms with Gasteiger partial charge in [0.2, 0.25) is 5.78 Å². The zero-order chi connectivity index (χ0) is 23.2. The highest BCUT2D eigenvalue weighted by atomic mass is 32.1. The highest BCUT2D eigenvalue weighted by Crippen LogP contribution is 2.25. The molecule has 0 saturated carbocycles. The molecule has 2 N–H and O–H groups in total. The minimum Gasteiger partial charge on any atom is -0.480 e. The molecule has 164 valence electrons. The molecule has 0 aliphatic rings. The number of nitrogens with one attached hydrogen (secondary N) is 1. The molecule has 8 heteroatoms. The summed E-state index contributed by atoms with van der Waals surface area (Å²) in [5, 5.41) is 13.4. The van der Waals surface area contributed by atoms with Crippen LogP contribution in [0, 0.1) is 6.92 Å². The Morgan fingerprint density at radius 1 is 1.19 bits per heavy atom. The molecule has 3 rings (SSSR count). The Kier molecular flexibility index (Phi) is 12.0. The predicted molar refractivity (Wildman–Crippen MR) is 128 cm³/mol. The van der Waals surface area contributed by atoms with Crippen molar-refractivity contribution in [3.8, 4) is 11.1 Å². The van der Waals surface area contributed by atoms with Gasteiger partial charge in [-0.25, -0.2) is 4.98 Å². The SMILES string of the molecule is C=O.CN[C@@H](CCS)C(=O)O.Cc1ccc(C(=O)c2nccs2)cc1-c1ccccc1. The largest absolute Gasteiger partial charge is 0.480 e. The number of thiol groups is 1. The maximum absolute atomic E-state index is 12.4. The van der Waals surface area contributed by atoms with Crippen LogP contribution in [0.15, 0.2) is 60.1 Å². The Balaban J connectivity index is 0.000000372. The number of aliphatic carboxylic acids is 1. The fraction of sp³-hybridized carbons (Fsp3) is 0.217. The highest BCUT2D eigenvalue weighted by Gasteiger charge is 2.14. The summed E-state index contributed by atoms with van der Waals surface area (Å²) in [6.45, 7) is 4.06. The van der Waals surface area contributed by atoms with Crippen molar-refractivity contribution >= 4 is 42.5 Å². The summed E-state index contributed by atoms with van der Waals surface area (Å²) in [5.74, 6) is -0.235. The number of rotatable bonds is 7. The van der Waals surface area contributed by atoms with Crippen LogP contribution in [0.5, 0.6) is 0 Å². The third-order valence-corrected chi connectivity index (χ3v) is 5.31. The summed E-state index contributed by atoms with van der Waals surface area (Å²) < 4.78 is 0. The third-order valence-electron chi connectivity index (χ3n) is 4.28. The number of ketones is 1. The second-order valence-corrected chi connectivity index (χ2v) is 7.60. The number of hydrogen-bond acceptors (Lipinski definition) is 7. The number of likely N-dealkylation sites (N-methyl/N-ethyl adjacent to an activating group) is 1. The fourth-order valence-electron chi connectivity index (χ4n) is 2.67. The van der Waals surface area contributed by atoms with E-state index in [-0.39, 0.29) is 5.78 Å². The normalized spacial score (nSPS) is 10.7. The van der Waals surface area contributed by atoms with Crippen LogP contribution in [-0.4, -0.2) is 47.5 Å². The van der Waals surface area contributed by atoms with Crippen LogP contribution in [0.3, 0.4) is 0 Å². The number of aryl methyl sites for hydroxylation is 1. The lowest BCUT2D eigenvalue weighted by atomic mass is 9.97. The Labute approximate surface area is 191 Å². The first-order valence-corrected chi connectivity index (χ1v) is 10.9. The van der Waals surface area contributed by atoms with Gasteiger partial charge in [-0.3, -0.25) is 9.59 Å². The number of benzene rings is 2. The second kappa shape index (κ2) is 14.2. The molecular weight excluding hydrogens is 432 g/mol. The molecule has 0 saturated heterocycles. The van der Waals surface area contributed by atoms with Crippen LogP contribution in [0.1, 0.15) is 27.3 Å². The van der Waals surface area contributed by atoms with Gasteiger partial charge in [-0.2, -0.15) is 12.6 Å². The second-order valence-electron chi connectivity index (χ2n) is 6.25. The molecular formula is C23H26N2O4S2. The van der Waals surface area contributed by atoms with E-state index in [1.807, 2.05) is 48.6 Å². The molecule has 0 amide bonds. The van der Waals surface area contributed by atoms with Crippen molar-refractivity contribution in [1.29, 1.82) is 0 Å². The molecule has 0 unspecified atom stereocenters. The summed E-state index contributed by atoms with van der Waals surface area (Å²) in [5.41, 5.74) is 4.06. The van der Waals surface area contributed by atoms with Crippen molar-refractivity contribution in [2.24, 2.45) is 0 Å². The van der Waals surface area contributed by atoms with Crippen molar-refractivity contribution in [3.63, 3.8) is 0 Å². The first-order chi connectivity index (χ1) is 15.0. The molecule has 3 aromatic rings. The molecule has 6 nitrogen and oxygen atoms in total. The molecule has 0 fully saturated rings. The molecule has 31 heavy (non-hydrogen) atoms. The minimum absolute atomic E-state index is 0.0165. The van der Waals surface area contributed by atoms with E-state index in [2.05, 4.69) is 42.0 Å². The van der Waals surface area contributed by atoms with Gasteiger partial charge >= 0.3 is 5.97 Å². The molecule has 0 radical (unpaired) electrons. The first-order valence-electron chi connectivity index (χ1n) is 9.38. The van der Waals surface area contributed by atoms with Crippen LogP contribution in [-0.2, 0) is 9.59 Å². The summed E-state index contributed by atoms with van der Waals surface area (Å²) in [4.78, 5) is 34.7. The number of carbonyl (C=O) groups excluding carboxylic acids is 2. The molecule has 1 aromatic heterocycles. The lowest BCUT2D eigenvalue weighted by Gasteiger charge is -2.08. The maximum atomic E-state index is 12.4. The molecule has 0 bridgehead atoms. The van der Waals surface area contributed by atoms with Gasteiger partial charge in [-0.05, 0) is 48.9 Å². The zero-order valence-corrected chi connectivity index (χ0v) is 19.2. The van der Waals surface area contributed by atoms with E-state index in [9.17, 15) is 9.59 Å². The van der Waals surface area contributed by atoms with Crippen LogP contribution in [0.4, 0.5) is 0 Å². The molecule has 1 heterocycles. The standard InChI is InChI=1S/C17H13NOS.C5H11NO2S.CH2O/c1-12-7-8-14(16(19)17-18-9-10-20-17)11-15(12)13-5-3-2-4-6-13;1-6-4(2-3-9)5(7)8;1-2/h2-11H,1H3;4,6,9H,2-3H2,1H3,(H,7,8);1H2/t;4-;/m.0./s1. The predicted octanol–water partition coefficient (Wildman–Crippen LogP) is 4.14. The quantitative estimate of drug-likeness (QED) is 0.364. The minimum atomic E-state index is -0.813. The molecule has 1 atom stereocenters. The summed E-state index contributed by atoms with van der Waals surface area (Å²) in [6.07, 6.45) is 2.22. The van der Waals surface area contributed by atoms with Crippen molar-refractivity contribution in [2.45, 2.75) is 19.4 Å². The molecule has 0 aliphatic carbocycles. The number of thiazole rings is 1. The van der Waals surface area contributed by atoms with Crippen LogP contribution >= 0.6 is 24.0 Å². The Morgan fingerprint density at radius 2 is 1.87 bits per heavy atom. The van der Waals surface area contributed by atoms with Crippen LogP contribution in [0.25, 0.3) is 11.1 Å². The average molecular weight is 459 g/mol. The van der Waals surface area contributed by atoms with Gasteiger partial charge in [-0.1, -0.05) is 42.5 Å². The molecule has 0 aliphatic heterocycles.